The topological polar surface area (TPSA) is 52.3 Å². The third-order valence-electron chi connectivity index (χ3n) is 2.01. The van der Waals surface area contributed by atoms with Gasteiger partial charge in [0.1, 0.15) is 0 Å². The zero-order valence-electron chi connectivity index (χ0n) is 8.14. The second-order valence-corrected chi connectivity index (χ2v) is 2.90. The van der Waals surface area contributed by atoms with E-state index in [9.17, 15) is 4.79 Å². The first-order valence-electron chi connectivity index (χ1n) is 4.39. The summed E-state index contributed by atoms with van der Waals surface area (Å²) in [4.78, 5) is 15.6. The number of ether oxygens (including phenoxy) is 1. The number of aromatic nitrogens is 1. The SMILES string of the molecule is COC(=O)c1cccnc1-c1ccoc1. The molecule has 0 unspecified atom stereocenters. The number of hydrogen-bond donors (Lipinski definition) is 0. The Labute approximate surface area is 86.5 Å². The second kappa shape index (κ2) is 3.96. The minimum atomic E-state index is -0.403. The van der Waals surface area contributed by atoms with Crippen molar-refractivity contribution >= 4 is 5.97 Å². The van der Waals surface area contributed by atoms with Gasteiger partial charge < -0.3 is 9.15 Å². The Morgan fingerprint density at radius 1 is 1.47 bits per heavy atom. The van der Waals surface area contributed by atoms with E-state index >= 15 is 0 Å². The fourth-order valence-corrected chi connectivity index (χ4v) is 1.31. The molecule has 2 rings (SSSR count). The molecule has 4 heteroatoms. The summed E-state index contributed by atoms with van der Waals surface area (Å²) in [5.41, 5.74) is 1.76. The van der Waals surface area contributed by atoms with Crippen molar-refractivity contribution in [3.63, 3.8) is 0 Å². The van der Waals surface area contributed by atoms with Gasteiger partial charge in [-0.1, -0.05) is 0 Å². The Morgan fingerprint density at radius 3 is 3.00 bits per heavy atom. The molecule has 0 atom stereocenters. The van der Waals surface area contributed by atoms with Crippen molar-refractivity contribution in [2.75, 3.05) is 7.11 Å². The van der Waals surface area contributed by atoms with Crippen molar-refractivity contribution in [3.8, 4) is 11.3 Å². The fourth-order valence-electron chi connectivity index (χ4n) is 1.31. The van der Waals surface area contributed by atoms with Crippen molar-refractivity contribution in [2.24, 2.45) is 0 Å². The lowest BCUT2D eigenvalue weighted by molar-refractivity contribution is 0.0601. The molecule has 2 aromatic rings. The number of carbonyl (C=O) groups is 1. The van der Waals surface area contributed by atoms with Crippen LogP contribution in [0.15, 0.2) is 41.3 Å². The molecule has 0 aliphatic heterocycles. The van der Waals surface area contributed by atoms with Gasteiger partial charge in [0.25, 0.3) is 0 Å². The number of furan rings is 1. The lowest BCUT2D eigenvalue weighted by Crippen LogP contribution is -2.04. The average Bonchev–Trinajstić information content (AvgIpc) is 2.81. The van der Waals surface area contributed by atoms with Crippen molar-refractivity contribution in [1.82, 2.24) is 4.98 Å². The maximum absolute atomic E-state index is 11.4. The van der Waals surface area contributed by atoms with E-state index in [0.29, 0.717) is 11.3 Å². The molecule has 76 valence electrons. The number of rotatable bonds is 2. The minimum Gasteiger partial charge on any atom is -0.472 e. The molecule has 0 aliphatic rings. The van der Waals surface area contributed by atoms with E-state index in [2.05, 4.69) is 9.72 Å². The molecular weight excluding hydrogens is 194 g/mol. The fraction of sp³-hybridized carbons (Fsp3) is 0.0909. The van der Waals surface area contributed by atoms with Crippen LogP contribution >= 0.6 is 0 Å². The Morgan fingerprint density at radius 2 is 2.33 bits per heavy atom. The molecule has 0 aromatic carbocycles. The van der Waals surface area contributed by atoms with Crippen LogP contribution in [0, 0.1) is 0 Å². The molecule has 2 heterocycles. The molecule has 0 radical (unpaired) electrons. The molecular formula is C11H9NO3. The van der Waals surface area contributed by atoms with Crippen LogP contribution in [-0.4, -0.2) is 18.1 Å². The molecule has 0 amide bonds. The van der Waals surface area contributed by atoms with Crippen molar-refractivity contribution in [2.45, 2.75) is 0 Å². The van der Waals surface area contributed by atoms with Crippen LogP contribution in [0.5, 0.6) is 0 Å². The molecule has 0 saturated heterocycles. The number of carbonyl (C=O) groups excluding carboxylic acids is 1. The summed E-state index contributed by atoms with van der Waals surface area (Å²) in [6.45, 7) is 0. The zero-order valence-corrected chi connectivity index (χ0v) is 8.14. The van der Waals surface area contributed by atoms with Gasteiger partial charge in [-0.05, 0) is 18.2 Å². The standard InChI is InChI=1S/C11H9NO3/c1-14-11(13)9-3-2-5-12-10(9)8-4-6-15-7-8/h2-7H,1H3. The van der Waals surface area contributed by atoms with Gasteiger partial charge in [-0.15, -0.1) is 0 Å². The number of hydrogen-bond acceptors (Lipinski definition) is 4. The second-order valence-electron chi connectivity index (χ2n) is 2.90. The lowest BCUT2D eigenvalue weighted by Gasteiger charge is -2.03. The van der Waals surface area contributed by atoms with E-state index in [4.69, 9.17) is 4.42 Å². The summed E-state index contributed by atoms with van der Waals surface area (Å²) in [6, 6.07) is 5.10. The highest BCUT2D eigenvalue weighted by Crippen LogP contribution is 2.21. The van der Waals surface area contributed by atoms with Crippen molar-refractivity contribution in [1.29, 1.82) is 0 Å². The highest BCUT2D eigenvalue weighted by atomic mass is 16.5. The Balaban J connectivity index is 2.52. The molecule has 0 bridgehead atoms. The van der Waals surface area contributed by atoms with Crippen LogP contribution in [0.1, 0.15) is 10.4 Å². The van der Waals surface area contributed by atoms with Gasteiger partial charge >= 0.3 is 5.97 Å². The van der Waals surface area contributed by atoms with Gasteiger partial charge in [0.2, 0.25) is 0 Å². The molecule has 0 fully saturated rings. The van der Waals surface area contributed by atoms with Gasteiger partial charge in [0.05, 0.1) is 30.9 Å². The monoisotopic (exact) mass is 203 g/mol. The highest BCUT2D eigenvalue weighted by Gasteiger charge is 2.14. The van der Waals surface area contributed by atoms with E-state index in [0.717, 1.165) is 5.56 Å². The summed E-state index contributed by atoms with van der Waals surface area (Å²) in [7, 11) is 1.34. The van der Waals surface area contributed by atoms with Crippen LogP contribution in [-0.2, 0) is 4.74 Å². The normalized spacial score (nSPS) is 9.93. The Bertz CT molecular complexity index is 462. The number of pyridine rings is 1. The number of methoxy groups -OCH3 is 1. The number of nitrogens with zero attached hydrogens (tertiary/aromatic N) is 1. The van der Waals surface area contributed by atoms with Gasteiger partial charge in [-0.25, -0.2) is 4.79 Å². The third kappa shape index (κ3) is 1.74. The van der Waals surface area contributed by atoms with Gasteiger partial charge in [0, 0.05) is 11.8 Å². The summed E-state index contributed by atoms with van der Waals surface area (Å²) in [6.07, 6.45) is 4.69. The average molecular weight is 203 g/mol. The maximum atomic E-state index is 11.4. The smallest absolute Gasteiger partial charge is 0.340 e. The molecule has 0 saturated carbocycles. The highest BCUT2D eigenvalue weighted by molar-refractivity contribution is 5.95. The van der Waals surface area contributed by atoms with Crippen LogP contribution in [0.2, 0.25) is 0 Å². The minimum absolute atomic E-state index is 0.403. The van der Waals surface area contributed by atoms with Crippen molar-refractivity contribution < 1.29 is 13.9 Å². The Hall–Kier alpha value is -2.10. The molecule has 0 N–H and O–H groups in total. The van der Waals surface area contributed by atoms with Gasteiger partial charge in [-0.3, -0.25) is 4.98 Å². The first kappa shape index (κ1) is 9.45. The largest absolute Gasteiger partial charge is 0.472 e. The Kier molecular flexibility index (Phi) is 2.49. The van der Waals surface area contributed by atoms with Crippen molar-refractivity contribution in [3.05, 3.63) is 42.5 Å². The summed E-state index contributed by atoms with van der Waals surface area (Å²) in [5, 5.41) is 0. The van der Waals surface area contributed by atoms with Crippen LogP contribution < -0.4 is 0 Å². The quantitative estimate of drug-likeness (QED) is 0.701. The zero-order chi connectivity index (χ0) is 10.7. The van der Waals surface area contributed by atoms with Crippen LogP contribution in [0.4, 0.5) is 0 Å². The van der Waals surface area contributed by atoms with E-state index < -0.39 is 5.97 Å². The van der Waals surface area contributed by atoms with E-state index in [1.165, 1.54) is 19.6 Å². The maximum Gasteiger partial charge on any atom is 0.340 e. The summed E-state index contributed by atoms with van der Waals surface area (Å²) < 4.78 is 9.61. The van der Waals surface area contributed by atoms with Gasteiger partial charge in [-0.2, -0.15) is 0 Å². The third-order valence-corrected chi connectivity index (χ3v) is 2.01. The number of esters is 1. The molecule has 2 aromatic heterocycles. The lowest BCUT2D eigenvalue weighted by atomic mass is 10.1. The summed E-state index contributed by atoms with van der Waals surface area (Å²) >= 11 is 0. The predicted molar refractivity (Wildman–Crippen MR) is 53.3 cm³/mol. The molecule has 0 spiro atoms. The first-order valence-corrected chi connectivity index (χ1v) is 4.39. The van der Waals surface area contributed by atoms with Gasteiger partial charge in [0.15, 0.2) is 0 Å². The molecule has 4 nitrogen and oxygen atoms in total. The summed E-state index contributed by atoms with van der Waals surface area (Å²) in [5.74, 6) is -0.403. The predicted octanol–water partition coefficient (Wildman–Crippen LogP) is 2.13. The molecule has 15 heavy (non-hydrogen) atoms. The van der Waals surface area contributed by atoms with E-state index in [-0.39, 0.29) is 0 Å². The van der Waals surface area contributed by atoms with Crippen LogP contribution in [0.3, 0.4) is 0 Å². The first-order chi connectivity index (χ1) is 7.33. The van der Waals surface area contributed by atoms with E-state index in [1.807, 2.05) is 0 Å². The van der Waals surface area contributed by atoms with E-state index in [1.54, 1.807) is 24.4 Å². The molecule has 0 aliphatic carbocycles. The van der Waals surface area contributed by atoms with Crippen LogP contribution in [0.25, 0.3) is 11.3 Å².